The van der Waals surface area contributed by atoms with Gasteiger partial charge in [-0.1, -0.05) is 6.07 Å². The van der Waals surface area contributed by atoms with E-state index in [1.807, 2.05) is 41.5 Å². The molecule has 0 unspecified atom stereocenters. The topological polar surface area (TPSA) is 61.1 Å². The van der Waals surface area contributed by atoms with Crippen LogP contribution in [0.25, 0.3) is 5.65 Å². The van der Waals surface area contributed by atoms with Gasteiger partial charge in [0.1, 0.15) is 11.3 Å². The third-order valence-electron chi connectivity index (χ3n) is 4.30. The second-order valence-corrected chi connectivity index (χ2v) is 5.79. The third kappa shape index (κ3) is 2.60. The van der Waals surface area contributed by atoms with Crippen molar-refractivity contribution >= 4 is 11.6 Å². The van der Waals surface area contributed by atoms with E-state index in [1.165, 1.54) is 0 Å². The Labute approximate surface area is 130 Å². The molecule has 3 rings (SSSR count). The van der Waals surface area contributed by atoms with E-state index in [4.69, 9.17) is 5.11 Å². The highest BCUT2D eigenvalue weighted by Crippen LogP contribution is 2.18. The second kappa shape index (κ2) is 6.06. The quantitative estimate of drug-likeness (QED) is 0.907. The molecular weight excluding hydrogens is 280 g/mol. The van der Waals surface area contributed by atoms with Gasteiger partial charge in [0.15, 0.2) is 0 Å². The number of nitrogens with zero attached hydrogens (tertiary/aromatic N) is 4. The first kappa shape index (κ1) is 15.0. The van der Waals surface area contributed by atoms with Gasteiger partial charge in [0.05, 0.1) is 12.3 Å². The highest BCUT2D eigenvalue weighted by Gasteiger charge is 2.26. The van der Waals surface area contributed by atoms with Crippen molar-refractivity contribution in [2.24, 2.45) is 0 Å². The molecule has 22 heavy (non-hydrogen) atoms. The largest absolute Gasteiger partial charge is 0.395 e. The van der Waals surface area contributed by atoms with E-state index >= 15 is 0 Å². The summed E-state index contributed by atoms with van der Waals surface area (Å²) in [6, 6.07) is 3.95. The first-order valence-electron chi connectivity index (χ1n) is 7.68. The molecule has 1 N–H and O–H groups in total. The van der Waals surface area contributed by atoms with Gasteiger partial charge in [-0.15, -0.1) is 0 Å². The van der Waals surface area contributed by atoms with Gasteiger partial charge in [0.2, 0.25) is 0 Å². The van der Waals surface area contributed by atoms with Crippen molar-refractivity contribution in [2.75, 3.05) is 39.3 Å². The summed E-state index contributed by atoms with van der Waals surface area (Å²) < 4.78 is 1.90. The monoisotopic (exact) mass is 302 g/mol. The first-order chi connectivity index (χ1) is 10.6. The predicted octanol–water partition coefficient (Wildman–Crippen LogP) is 0.701. The van der Waals surface area contributed by atoms with Gasteiger partial charge in [-0.25, -0.2) is 4.98 Å². The van der Waals surface area contributed by atoms with Crippen LogP contribution in [-0.2, 0) is 0 Å². The molecule has 0 saturated carbocycles. The van der Waals surface area contributed by atoms with Crippen LogP contribution in [0.2, 0.25) is 0 Å². The molecular formula is C16H22N4O2. The Kier molecular flexibility index (Phi) is 4.13. The number of rotatable bonds is 3. The van der Waals surface area contributed by atoms with E-state index in [9.17, 15) is 4.79 Å². The fourth-order valence-electron chi connectivity index (χ4n) is 3.04. The van der Waals surface area contributed by atoms with Gasteiger partial charge in [-0.05, 0) is 25.5 Å². The van der Waals surface area contributed by atoms with Gasteiger partial charge < -0.3 is 10.0 Å². The number of imidazole rings is 1. The Morgan fingerprint density at radius 2 is 2.00 bits per heavy atom. The maximum atomic E-state index is 12.9. The lowest BCUT2D eigenvalue weighted by Gasteiger charge is -2.34. The van der Waals surface area contributed by atoms with E-state index in [0.29, 0.717) is 25.3 Å². The molecule has 2 aromatic heterocycles. The molecule has 1 fully saturated rings. The van der Waals surface area contributed by atoms with Crippen LogP contribution in [0.15, 0.2) is 18.3 Å². The highest BCUT2D eigenvalue weighted by atomic mass is 16.3. The van der Waals surface area contributed by atoms with Crippen LogP contribution in [0.4, 0.5) is 0 Å². The van der Waals surface area contributed by atoms with Crippen LogP contribution in [0, 0.1) is 13.8 Å². The number of fused-ring (bicyclic) bond motifs is 1. The van der Waals surface area contributed by atoms with Crippen molar-refractivity contribution in [1.82, 2.24) is 19.2 Å². The van der Waals surface area contributed by atoms with Gasteiger partial charge in [-0.3, -0.25) is 14.1 Å². The Bertz CT molecular complexity index is 687. The average Bonchev–Trinajstić information content (AvgIpc) is 2.85. The van der Waals surface area contributed by atoms with E-state index in [-0.39, 0.29) is 12.5 Å². The number of hydrogen-bond donors (Lipinski definition) is 1. The molecule has 0 aliphatic carbocycles. The van der Waals surface area contributed by atoms with Crippen LogP contribution in [0.5, 0.6) is 0 Å². The van der Waals surface area contributed by atoms with Crippen molar-refractivity contribution in [3.8, 4) is 0 Å². The summed E-state index contributed by atoms with van der Waals surface area (Å²) in [7, 11) is 0. The van der Waals surface area contributed by atoms with Crippen molar-refractivity contribution < 1.29 is 9.90 Å². The summed E-state index contributed by atoms with van der Waals surface area (Å²) in [5.74, 6) is 0.0410. The molecule has 6 nitrogen and oxygen atoms in total. The number of β-amino-alcohol motifs (C(OH)–C–C–N with tert-alkyl or cyclic N) is 1. The molecule has 2 aromatic rings. The number of aliphatic hydroxyl groups is 1. The molecule has 3 heterocycles. The van der Waals surface area contributed by atoms with Crippen LogP contribution in [0.3, 0.4) is 0 Å². The van der Waals surface area contributed by atoms with Crippen molar-refractivity contribution in [3.05, 3.63) is 35.3 Å². The Morgan fingerprint density at radius 1 is 1.27 bits per heavy atom. The number of piperazine rings is 1. The molecule has 6 heteroatoms. The van der Waals surface area contributed by atoms with E-state index < -0.39 is 0 Å². The SMILES string of the molecule is Cc1nc2c(C)cccn2c1C(=O)N1CCN(CCO)CC1. The second-order valence-electron chi connectivity index (χ2n) is 5.79. The Hall–Kier alpha value is -1.92. The zero-order valence-corrected chi connectivity index (χ0v) is 13.1. The summed E-state index contributed by atoms with van der Waals surface area (Å²) in [6.07, 6.45) is 1.90. The smallest absolute Gasteiger partial charge is 0.272 e. The predicted molar refractivity (Wildman–Crippen MR) is 84.1 cm³/mol. The van der Waals surface area contributed by atoms with E-state index in [1.54, 1.807) is 0 Å². The number of amides is 1. The fourth-order valence-corrected chi connectivity index (χ4v) is 3.04. The fraction of sp³-hybridized carbons (Fsp3) is 0.500. The molecule has 1 amide bonds. The molecule has 118 valence electrons. The lowest BCUT2D eigenvalue weighted by atomic mass is 10.2. The van der Waals surface area contributed by atoms with Crippen LogP contribution < -0.4 is 0 Å². The maximum Gasteiger partial charge on any atom is 0.272 e. The molecule has 0 spiro atoms. The van der Waals surface area contributed by atoms with Crippen molar-refractivity contribution in [3.63, 3.8) is 0 Å². The third-order valence-corrected chi connectivity index (χ3v) is 4.30. The molecule has 1 aliphatic heterocycles. The number of aromatic nitrogens is 2. The van der Waals surface area contributed by atoms with Crippen LogP contribution in [0.1, 0.15) is 21.7 Å². The van der Waals surface area contributed by atoms with E-state index in [2.05, 4.69) is 9.88 Å². The molecule has 1 saturated heterocycles. The summed E-state index contributed by atoms with van der Waals surface area (Å²) in [5, 5.41) is 8.99. The normalized spacial score (nSPS) is 16.4. The maximum absolute atomic E-state index is 12.9. The van der Waals surface area contributed by atoms with Crippen LogP contribution >= 0.6 is 0 Å². The van der Waals surface area contributed by atoms with Crippen LogP contribution in [-0.4, -0.2) is 69.5 Å². The summed E-state index contributed by atoms with van der Waals surface area (Å²) in [6.45, 7) is 7.73. The van der Waals surface area contributed by atoms with Gasteiger partial charge in [0, 0.05) is 38.9 Å². The zero-order valence-electron chi connectivity index (χ0n) is 13.1. The van der Waals surface area contributed by atoms with Gasteiger partial charge in [-0.2, -0.15) is 0 Å². The lowest BCUT2D eigenvalue weighted by molar-refractivity contribution is 0.0607. The summed E-state index contributed by atoms with van der Waals surface area (Å²) >= 11 is 0. The number of pyridine rings is 1. The standard InChI is InChI=1S/C16H22N4O2/c1-12-4-3-5-20-14(13(2)17-15(12)20)16(22)19-8-6-18(7-9-19)10-11-21/h3-5,21H,6-11H2,1-2H3. The van der Waals surface area contributed by atoms with Gasteiger partial charge >= 0.3 is 0 Å². The average molecular weight is 302 g/mol. The first-order valence-corrected chi connectivity index (χ1v) is 7.68. The number of carbonyl (C=O) groups excluding carboxylic acids is 1. The van der Waals surface area contributed by atoms with Crippen molar-refractivity contribution in [1.29, 1.82) is 0 Å². The van der Waals surface area contributed by atoms with Crippen molar-refractivity contribution in [2.45, 2.75) is 13.8 Å². The lowest BCUT2D eigenvalue weighted by Crippen LogP contribution is -2.49. The molecule has 0 radical (unpaired) electrons. The molecule has 0 atom stereocenters. The minimum absolute atomic E-state index is 0.0410. The highest BCUT2D eigenvalue weighted by molar-refractivity contribution is 5.95. The molecule has 0 aromatic carbocycles. The number of hydrogen-bond acceptors (Lipinski definition) is 4. The number of carbonyl (C=O) groups is 1. The van der Waals surface area contributed by atoms with Gasteiger partial charge in [0.25, 0.3) is 5.91 Å². The Balaban J connectivity index is 1.84. The molecule has 0 bridgehead atoms. The minimum Gasteiger partial charge on any atom is -0.395 e. The molecule has 1 aliphatic rings. The Morgan fingerprint density at radius 3 is 2.68 bits per heavy atom. The number of aliphatic hydroxyl groups excluding tert-OH is 1. The summed E-state index contributed by atoms with van der Waals surface area (Å²) in [5.41, 5.74) is 3.35. The number of aryl methyl sites for hydroxylation is 2. The minimum atomic E-state index is 0.0410. The zero-order chi connectivity index (χ0) is 15.7. The summed E-state index contributed by atoms with van der Waals surface area (Å²) in [4.78, 5) is 21.5. The van der Waals surface area contributed by atoms with E-state index in [0.717, 1.165) is 30.0 Å².